The minimum Gasteiger partial charge on any atom is -0.380 e. The number of pyridine rings is 1. The van der Waals surface area contributed by atoms with E-state index >= 15 is 0 Å². The van der Waals surface area contributed by atoms with E-state index in [4.69, 9.17) is 0 Å². The number of halogens is 3. The van der Waals surface area contributed by atoms with Crippen molar-refractivity contribution in [1.29, 1.82) is 0 Å². The number of hydrogen-bond acceptors (Lipinski definition) is 3. The van der Waals surface area contributed by atoms with E-state index in [0.717, 1.165) is 34.4 Å². The SMILES string of the molecule is Cc1ncccc1CC(=O)c1ccc2c(c1)CCC[C@@H]1C[C@@](O)(C(F)(F)F)CC[C@@]21Cc1ccccc1. The number of ketones is 1. The quantitative estimate of drug-likeness (QED) is 0.390. The van der Waals surface area contributed by atoms with Crippen molar-refractivity contribution in [2.75, 3.05) is 0 Å². The number of aliphatic hydroxyl groups is 1. The smallest absolute Gasteiger partial charge is 0.380 e. The molecule has 5 rings (SSSR count). The predicted molar refractivity (Wildman–Crippen MR) is 137 cm³/mol. The number of hydrogen-bond donors (Lipinski definition) is 1. The summed E-state index contributed by atoms with van der Waals surface area (Å²) in [5.74, 6) is -0.305. The summed E-state index contributed by atoms with van der Waals surface area (Å²) < 4.78 is 41.7. The van der Waals surface area contributed by atoms with Crippen LogP contribution in [0.5, 0.6) is 0 Å². The lowest BCUT2D eigenvalue weighted by Crippen LogP contribution is -2.55. The van der Waals surface area contributed by atoms with E-state index in [-0.39, 0.29) is 37.4 Å². The number of carbonyl (C=O) groups is 1. The summed E-state index contributed by atoms with van der Waals surface area (Å²) in [5, 5.41) is 10.7. The Labute approximate surface area is 215 Å². The van der Waals surface area contributed by atoms with Gasteiger partial charge < -0.3 is 5.11 Å². The molecule has 0 aliphatic heterocycles. The van der Waals surface area contributed by atoms with Crippen molar-refractivity contribution >= 4 is 5.78 Å². The van der Waals surface area contributed by atoms with Crippen LogP contribution in [-0.4, -0.2) is 27.7 Å². The molecule has 2 aliphatic rings. The van der Waals surface area contributed by atoms with Gasteiger partial charge in [-0.15, -0.1) is 0 Å². The van der Waals surface area contributed by atoms with Crippen LogP contribution in [0.4, 0.5) is 13.2 Å². The second-order valence-electron chi connectivity index (χ2n) is 10.9. The third kappa shape index (κ3) is 4.84. The number of aromatic nitrogens is 1. The van der Waals surface area contributed by atoms with Crippen LogP contribution >= 0.6 is 0 Å². The van der Waals surface area contributed by atoms with Crippen molar-refractivity contribution < 1.29 is 23.1 Å². The maximum atomic E-state index is 13.9. The lowest BCUT2D eigenvalue weighted by Gasteiger charge is -2.50. The zero-order valence-electron chi connectivity index (χ0n) is 21.0. The van der Waals surface area contributed by atoms with Crippen LogP contribution in [0.15, 0.2) is 66.9 Å². The number of carbonyl (C=O) groups excluding carboxylic acids is 1. The van der Waals surface area contributed by atoms with E-state index in [1.165, 1.54) is 0 Å². The fourth-order valence-electron chi connectivity index (χ4n) is 6.60. The monoisotopic (exact) mass is 507 g/mol. The standard InChI is InChI=1S/C31H32F3NO2/c1-21-23(10-6-16-35-21)18-28(36)25-12-13-27-24(17-25)9-5-11-26-20-30(37,31(32,33)34)15-14-29(26,27)19-22-7-3-2-4-8-22/h2-4,6-8,10,12-13,16-17,26,37H,5,9,11,14-15,18-20H2,1H3/t26-,29+,30-/m1/s1. The van der Waals surface area contributed by atoms with Crippen molar-refractivity contribution in [2.24, 2.45) is 5.92 Å². The lowest BCUT2D eigenvalue weighted by atomic mass is 9.56. The van der Waals surface area contributed by atoms with Gasteiger partial charge in [-0.25, -0.2) is 0 Å². The average molecular weight is 508 g/mol. The first-order valence-electron chi connectivity index (χ1n) is 13.0. The Morgan fingerprint density at radius 3 is 2.59 bits per heavy atom. The first-order valence-corrected chi connectivity index (χ1v) is 13.0. The van der Waals surface area contributed by atoms with Gasteiger partial charge >= 0.3 is 6.18 Å². The van der Waals surface area contributed by atoms with Crippen LogP contribution in [0.1, 0.15) is 70.4 Å². The fraction of sp³-hybridized carbons (Fsp3) is 0.419. The number of Topliss-reactive ketones (excluding diaryl/α,β-unsaturated/α-hetero) is 1. The molecule has 6 heteroatoms. The molecule has 2 aliphatic carbocycles. The highest BCUT2D eigenvalue weighted by atomic mass is 19.4. The van der Waals surface area contributed by atoms with Crippen molar-refractivity contribution in [3.63, 3.8) is 0 Å². The van der Waals surface area contributed by atoms with Crippen molar-refractivity contribution in [3.05, 3.63) is 100 Å². The molecule has 0 bridgehead atoms. The Morgan fingerprint density at radius 1 is 1.08 bits per heavy atom. The third-order valence-electron chi connectivity index (χ3n) is 8.67. The van der Waals surface area contributed by atoms with Gasteiger partial charge in [0.25, 0.3) is 0 Å². The molecule has 0 amide bonds. The van der Waals surface area contributed by atoms with Gasteiger partial charge in [0.2, 0.25) is 0 Å². The lowest BCUT2D eigenvalue weighted by molar-refractivity contribution is -0.279. The number of nitrogens with zero attached hydrogens (tertiary/aromatic N) is 1. The number of aryl methyl sites for hydroxylation is 2. The first-order chi connectivity index (χ1) is 17.6. The van der Waals surface area contributed by atoms with E-state index in [1.807, 2.05) is 67.6 Å². The molecule has 0 radical (unpaired) electrons. The Hall–Kier alpha value is -2.99. The van der Waals surface area contributed by atoms with Crippen LogP contribution in [-0.2, 0) is 24.7 Å². The van der Waals surface area contributed by atoms with Gasteiger partial charge in [0.15, 0.2) is 11.4 Å². The number of benzene rings is 2. The largest absolute Gasteiger partial charge is 0.417 e. The molecule has 2 aromatic carbocycles. The summed E-state index contributed by atoms with van der Waals surface area (Å²) in [7, 11) is 0. The summed E-state index contributed by atoms with van der Waals surface area (Å²) in [6.45, 7) is 1.89. The van der Waals surface area contributed by atoms with E-state index < -0.39 is 17.2 Å². The molecule has 3 aromatic rings. The summed E-state index contributed by atoms with van der Waals surface area (Å²) >= 11 is 0. The van der Waals surface area contributed by atoms with Gasteiger partial charge in [0.1, 0.15) is 0 Å². The molecule has 0 spiro atoms. The van der Waals surface area contributed by atoms with Gasteiger partial charge in [-0.3, -0.25) is 9.78 Å². The number of rotatable bonds is 5. The molecule has 3 nitrogen and oxygen atoms in total. The molecule has 0 saturated heterocycles. The first kappa shape index (κ1) is 25.7. The van der Waals surface area contributed by atoms with E-state index in [9.17, 15) is 23.1 Å². The second-order valence-corrected chi connectivity index (χ2v) is 10.9. The van der Waals surface area contributed by atoms with E-state index in [0.29, 0.717) is 24.8 Å². The summed E-state index contributed by atoms with van der Waals surface area (Å²) in [6.07, 6.45) is -0.391. The van der Waals surface area contributed by atoms with E-state index in [2.05, 4.69) is 4.98 Å². The summed E-state index contributed by atoms with van der Waals surface area (Å²) in [4.78, 5) is 17.5. The Balaban J connectivity index is 1.54. The molecule has 1 saturated carbocycles. The van der Waals surface area contributed by atoms with Gasteiger partial charge in [0, 0.05) is 29.3 Å². The Bertz CT molecular complexity index is 1290. The van der Waals surface area contributed by atoms with Crippen LogP contribution in [0.3, 0.4) is 0 Å². The minimum absolute atomic E-state index is 0.00639. The van der Waals surface area contributed by atoms with Crippen LogP contribution in [0, 0.1) is 12.8 Å². The van der Waals surface area contributed by atoms with Crippen LogP contribution in [0.2, 0.25) is 0 Å². The predicted octanol–water partition coefficient (Wildman–Crippen LogP) is 6.73. The molecular weight excluding hydrogens is 475 g/mol. The van der Waals surface area contributed by atoms with Gasteiger partial charge in [-0.2, -0.15) is 13.2 Å². The topological polar surface area (TPSA) is 50.2 Å². The Kier molecular flexibility index (Phi) is 6.73. The van der Waals surface area contributed by atoms with E-state index in [1.54, 1.807) is 6.20 Å². The third-order valence-corrected chi connectivity index (χ3v) is 8.67. The zero-order valence-corrected chi connectivity index (χ0v) is 21.0. The normalized spacial score (nSPS) is 25.6. The second kappa shape index (κ2) is 9.71. The zero-order chi connectivity index (χ0) is 26.3. The van der Waals surface area contributed by atoms with Crippen molar-refractivity contribution in [3.8, 4) is 0 Å². The number of fused-ring (bicyclic) bond motifs is 3. The molecule has 3 atom stereocenters. The molecule has 1 N–H and O–H groups in total. The maximum Gasteiger partial charge on any atom is 0.417 e. The highest BCUT2D eigenvalue weighted by Gasteiger charge is 2.60. The van der Waals surface area contributed by atoms with Gasteiger partial charge in [-0.05, 0) is 92.2 Å². The molecule has 1 heterocycles. The van der Waals surface area contributed by atoms with Gasteiger partial charge in [-0.1, -0.05) is 48.5 Å². The molecule has 1 aromatic heterocycles. The highest BCUT2D eigenvalue weighted by molar-refractivity contribution is 5.97. The van der Waals surface area contributed by atoms with Crippen LogP contribution < -0.4 is 0 Å². The minimum atomic E-state index is -4.65. The highest BCUT2D eigenvalue weighted by Crippen LogP contribution is 2.56. The molecule has 37 heavy (non-hydrogen) atoms. The average Bonchev–Trinajstić information content (AvgIpc) is 3.01. The molecule has 0 unspecified atom stereocenters. The molecule has 1 fully saturated rings. The van der Waals surface area contributed by atoms with Crippen LogP contribution in [0.25, 0.3) is 0 Å². The van der Waals surface area contributed by atoms with Crippen molar-refractivity contribution in [1.82, 2.24) is 4.98 Å². The van der Waals surface area contributed by atoms with Crippen molar-refractivity contribution in [2.45, 2.75) is 75.5 Å². The molecular formula is C31H32F3NO2. The summed E-state index contributed by atoms with van der Waals surface area (Å²) in [6, 6.07) is 19.4. The Morgan fingerprint density at radius 2 is 1.86 bits per heavy atom. The maximum absolute atomic E-state index is 13.9. The number of alkyl halides is 3. The molecule has 194 valence electrons. The fourth-order valence-corrected chi connectivity index (χ4v) is 6.60. The summed E-state index contributed by atoms with van der Waals surface area (Å²) in [5.41, 5.74) is 2.33. The van der Waals surface area contributed by atoms with Gasteiger partial charge in [0.05, 0.1) is 0 Å².